The van der Waals surface area contributed by atoms with Gasteiger partial charge in [-0.15, -0.1) is 33.2 Å². The zero-order valence-corrected chi connectivity index (χ0v) is 9.95. The summed E-state index contributed by atoms with van der Waals surface area (Å²) in [6.45, 7) is -0.618. The summed E-state index contributed by atoms with van der Waals surface area (Å²) in [5.41, 5.74) is 0.204. The van der Waals surface area contributed by atoms with Gasteiger partial charge in [0, 0.05) is 5.54 Å². The minimum Gasteiger partial charge on any atom is -0.251 e. The molecule has 0 fully saturated rings. The standard InChI is InChI=1S/C8H8Cl3FSi/c9-13(10,11)8(6-12)7-4-2-1-3-5-7/h1-5,8H,6H2. The molecule has 0 amide bonds. The van der Waals surface area contributed by atoms with E-state index in [1.54, 1.807) is 12.1 Å². The summed E-state index contributed by atoms with van der Waals surface area (Å²) >= 11 is 17.3. The summed E-state index contributed by atoms with van der Waals surface area (Å²) in [5.74, 6) is 0. The number of rotatable bonds is 3. The molecule has 0 aliphatic heterocycles. The average molecular weight is 258 g/mol. The van der Waals surface area contributed by atoms with Crippen LogP contribution in [0.25, 0.3) is 0 Å². The summed E-state index contributed by atoms with van der Waals surface area (Å²) < 4.78 is 12.6. The van der Waals surface area contributed by atoms with Crippen molar-refractivity contribution in [3.63, 3.8) is 0 Å². The molecule has 0 heterocycles. The van der Waals surface area contributed by atoms with Crippen LogP contribution in [0, 0.1) is 0 Å². The van der Waals surface area contributed by atoms with Crippen LogP contribution in [-0.2, 0) is 0 Å². The van der Waals surface area contributed by atoms with E-state index < -0.39 is 18.2 Å². The Morgan fingerprint density at radius 1 is 1.15 bits per heavy atom. The molecule has 0 aliphatic rings. The number of halogens is 4. The maximum atomic E-state index is 12.6. The van der Waals surface area contributed by atoms with Crippen LogP contribution in [0.5, 0.6) is 0 Å². The Bertz CT molecular complexity index is 260. The fourth-order valence-corrected chi connectivity index (χ4v) is 3.46. The lowest BCUT2D eigenvalue weighted by atomic mass is 10.2. The van der Waals surface area contributed by atoms with Gasteiger partial charge in [0.25, 0.3) is 0 Å². The van der Waals surface area contributed by atoms with Crippen LogP contribution in [0.15, 0.2) is 30.3 Å². The van der Waals surface area contributed by atoms with Crippen LogP contribution in [0.3, 0.4) is 0 Å². The summed E-state index contributed by atoms with van der Waals surface area (Å²) in [6.07, 6.45) is 0. The molecular weight excluding hydrogens is 250 g/mol. The van der Waals surface area contributed by atoms with Crippen LogP contribution in [-0.4, -0.2) is 12.7 Å². The Morgan fingerprint density at radius 2 is 1.69 bits per heavy atom. The van der Waals surface area contributed by atoms with Crippen molar-refractivity contribution in [2.24, 2.45) is 0 Å². The van der Waals surface area contributed by atoms with Crippen LogP contribution in [0.2, 0.25) is 0 Å². The smallest absolute Gasteiger partial charge is 0.251 e. The van der Waals surface area contributed by atoms with E-state index >= 15 is 0 Å². The first kappa shape index (κ1) is 11.3. The lowest BCUT2D eigenvalue weighted by Gasteiger charge is -2.18. The lowest BCUT2D eigenvalue weighted by molar-refractivity contribution is 0.483. The molecule has 0 saturated carbocycles. The Kier molecular flexibility index (Phi) is 4.04. The molecule has 72 valence electrons. The second-order valence-electron chi connectivity index (χ2n) is 2.66. The summed E-state index contributed by atoms with van der Waals surface area (Å²) in [6, 6.07) is 6.03. The highest BCUT2D eigenvalue weighted by molar-refractivity contribution is 7.65. The quantitative estimate of drug-likeness (QED) is 0.568. The zero-order chi connectivity index (χ0) is 9.90. The second kappa shape index (κ2) is 4.65. The van der Waals surface area contributed by atoms with E-state index in [0.29, 0.717) is 0 Å². The molecule has 1 unspecified atom stereocenters. The van der Waals surface area contributed by atoms with Crippen molar-refractivity contribution in [1.82, 2.24) is 0 Å². The Morgan fingerprint density at radius 3 is 2.08 bits per heavy atom. The maximum Gasteiger partial charge on any atom is 0.351 e. The Labute approximate surface area is 91.7 Å². The Balaban J connectivity index is 2.92. The van der Waals surface area contributed by atoms with Crippen LogP contribution < -0.4 is 0 Å². The number of benzene rings is 1. The van der Waals surface area contributed by atoms with Crippen molar-refractivity contribution in [3.8, 4) is 0 Å². The predicted octanol–water partition coefficient (Wildman–Crippen LogP) is 3.93. The number of alkyl halides is 1. The largest absolute Gasteiger partial charge is 0.351 e. The van der Waals surface area contributed by atoms with Gasteiger partial charge in [0.15, 0.2) is 0 Å². The molecule has 0 bridgehead atoms. The van der Waals surface area contributed by atoms with E-state index in [4.69, 9.17) is 33.2 Å². The zero-order valence-electron chi connectivity index (χ0n) is 6.68. The number of hydrogen-bond donors (Lipinski definition) is 0. The van der Waals surface area contributed by atoms with Gasteiger partial charge in [-0.2, -0.15) is 0 Å². The van der Waals surface area contributed by atoms with Gasteiger partial charge >= 0.3 is 6.00 Å². The van der Waals surface area contributed by atoms with E-state index in [2.05, 4.69) is 0 Å². The fraction of sp³-hybridized carbons (Fsp3) is 0.250. The van der Waals surface area contributed by atoms with E-state index in [1.165, 1.54) is 0 Å². The molecule has 0 saturated heterocycles. The highest BCUT2D eigenvalue weighted by Gasteiger charge is 2.37. The van der Waals surface area contributed by atoms with Crippen molar-refractivity contribution in [2.45, 2.75) is 5.54 Å². The summed E-state index contributed by atoms with van der Waals surface area (Å²) in [5, 5.41) is 0. The molecule has 0 aromatic heterocycles. The minimum absolute atomic E-state index is 0.557. The van der Waals surface area contributed by atoms with Crippen LogP contribution >= 0.6 is 33.2 Å². The van der Waals surface area contributed by atoms with Crippen molar-refractivity contribution in [3.05, 3.63) is 35.9 Å². The van der Waals surface area contributed by atoms with Crippen molar-refractivity contribution in [1.29, 1.82) is 0 Å². The van der Waals surface area contributed by atoms with Gasteiger partial charge in [-0.25, -0.2) is 0 Å². The van der Waals surface area contributed by atoms with Gasteiger partial charge in [-0.05, 0) is 5.56 Å². The van der Waals surface area contributed by atoms with Crippen molar-refractivity contribution in [2.75, 3.05) is 6.67 Å². The first-order valence-electron chi connectivity index (χ1n) is 3.73. The van der Waals surface area contributed by atoms with E-state index in [0.717, 1.165) is 5.56 Å². The van der Waals surface area contributed by atoms with Gasteiger partial charge in [-0.3, -0.25) is 4.39 Å². The predicted molar refractivity (Wildman–Crippen MR) is 58.5 cm³/mol. The monoisotopic (exact) mass is 256 g/mol. The van der Waals surface area contributed by atoms with Crippen LogP contribution in [0.4, 0.5) is 4.39 Å². The van der Waals surface area contributed by atoms with Crippen molar-refractivity contribution >= 4 is 39.2 Å². The highest BCUT2D eigenvalue weighted by atomic mass is 35.8. The molecule has 0 spiro atoms. The first-order valence-corrected chi connectivity index (χ1v) is 8.84. The topological polar surface area (TPSA) is 0 Å². The molecule has 1 atom stereocenters. The number of hydrogen-bond acceptors (Lipinski definition) is 0. The van der Waals surface area contributed by atoms with Crippen molar-refractivity contribution < 1.29 is 4.39 Å². The van der Waals surface area contributed by atoms with Crippen LogP contribution in [0.1, 0.15) is 11.1 Å². The average Bonchev–Trinajstić information content (AvgIpc) is 2.05. The third-order valence-corrected chi connectivity index (χ3v) is 5.40. The first-order chi connectivity index (χ1) is 6.05. The second-order valence-corrected chi connectivity index (χ2v) is 11.5. The molecule has 13 heavy (non-hydrogen) atoms. The van der Waals surface area contributed by atoms with E-state index in [1.807, 2.05) is 18.2 Å². The van der Waals surface area contributed by atoms with E-state index in [9.17, 15) is 4.39 Å². The molecule has 0 radical (unpaired) electrons. The van der Waals surface area contributed by atoms with Gasteiger partial charge < -0.3 is 0 Å². The summed E-state index contributed by atoms with van der Waals surface area (Å²) in [4.78, 5) is 0. The third kappa shape index (κ3) is 3.13. The highest BCUT2D eigenvalue weighted by Crippen LogP contribution is 2.36. The SMILES string of the molecule is FCC(c1ccccc1)[Si](Cl)(Cl)Cl. The minimum atomic E-state index is -2.99. The van der Waals surface area contributed by atoms with Gasteiger partial charge in [-0.1, -0.05) is 30.3 Å². The third-order valence-electron chi connectivity index (χ3n) is 1.75. The van der Waals surface area contributed by atoms with Gasteiger partial charge in [0.1, 0.15) is 0 Å². The van der Waals surface area contributed by atoms with Gasteiger partial charge in [0.05, 0.1) is 6.67 Å². The molecule has 0 aliphatic carbocycles. The molecule has 5 heteroatoms. The Hall–Kier alpha value is 0.237. The van der Waals surface area contributed by atoms with E-state index in [-0.39, 0.29) is 0 Å². The van der Waals surface area contributed by atoms with Gasteiger partial charge in [0.2, 0.25) is 0 Å². The lowest BCUT2D eigenvalue weighted by Crippen LogP contribution is -2.24. The molecule has 1 aromatic carbocycles. The molecule has 1 aromatic rings. The molecule has 0 N–H and O–H groups in total. The fourth-order valence-electron chi connectivity index (χ4n) is 1.05. The molecule has 1 rings (SSSR count). The normalized spacial score (nSPS) is 14.2. The summed E-state index contributed by atoms with van der Waals surface area (Å²) in [7, 11) is 0. The molecular formula is C8H8Cl3FSi. The maximum absolute atomic E-state index is 12.6. The molecule has 0 nitrogen and oxygen atoms in total.